The van der Waals surface area contributed by atoms with Gasteiger partial charge in [-0.2, -0.15) is 5.10 Å². The monoisotopic (exact) mass is 180 g/mol. The van der Waals surface area contributed by atoms with Crippen LogP contribution in [0.3, 0.4) is 0 Å². The lowest BCUT2D eigenvalue weighted by molar-refractivity contribution is 0.275. The average molecular weight is 180 g/mol. The molecule has 13 heavy (non-hydrogen) atoms. The Bertz CT molecular complexity index is 450. The van der Waals surface area contributed by atoms with E-state index >= 15 is 0 Å². The number of rotatable bonds is 1. The molecule has 4 heteroatoms. The van der Waals surface area contributed by atoms with Gasteiger partial charge in [-0.25, -0.2) is 8.91 Å². The van der Waals surface area contributed by atoms with Crippen molar-refractivity contribution in [2.24, 2.45) is 0 Å². The van der Waals surface area contributed by atoms with Crippen LogP contribution in [0.15, 0.2) is 18.3 Å². The fourth-order valence-electron chi connectivity index (χ4n) is 1.34. The molecule has 0 saturated carbocycles. The third-order valence-electron chi connectivity index (χ3n) is 2.09. The standard InChI is InChI=1S/C9H9FN2O/c1-6-8(5-13)11-12-3-2-7(10)4-9(6)12/h2-4,13H,5H2,1H3. The maximum Gasteiger partial charge on any atom is 0.126 e. The minimum Gasteiger partial charge on any atom is -0.390 e. The van der Waals surface area contributed by atoms with Gasteiger partial charge in [-0.1, -0.05) is 0 Å². The molecule has 0 aliphatic heterocycles. The third-order valence-corrected chi connectivity index (χ3v) is 2.09. The van der Waals surface area contributed by atoms with Crippen LogP contribution < -0.4 is 0 Å². The molecule has 2 aromatic heterocycles. The van der Waals surface area contributed by atoms with Crippen molar-refractivity contribution in [1.29, 1.82) is 0 Å². The molecule has 0 bridgehead atoms. The Kier molecular flexibility index (Phi) is 1.77. The molecule has 0 radical (unpaired) electrons. The van der Waals surface area contributed by atoms with Crippen molar-refractivity contribution >= 4 is 5.52 Å². The molecule has 0 fully saturated rings. The van der Waals surface area contributed by atoms with Gasteiger partial charge in [0.2, 0.25) is 0 Å². The quantitative estimate of drug-likeness (QED) is 0.717. The molecule has 2 aromatic rings. The van der Waals surface area contributed by atoms with Gasteiger partial charge in [-0.05, 0) is 19.1 Å². The number of nitrogens with zero attached hydrogens (tertiary/aromatic N) is 2. The number of aliphatic hydroxyl groups excluding tert-OH is 1. The van der Waals surface area contributed by atoms with E-state index in [-0.39, 0.29) is 12.4 Å². The van der Waals surface area contributed by atoms with Crippen molar-refractivity contribution in [3.63, 3.8) is 0 Å². The highest BCUT2D eigenvalue weighted by atomic mass is 19.1. The highest BCUT2D eigenvalue weighted by Crippen LogP contribution is 2.15. The predicted molar refractivity (Wildman–Crippen MR) is 45.8 cm³/mol. The molecule has 0 spiro atoms. The Hall–Kier alpha value is -1.42. The van der Waals surface area contributed by atoms with Gasteiger partial charge in [-0.3, -0.25) is 0 Å². The molecular formula is C9H9FN2O. The van der Waals surface area contributed by atoms with E-state index in [1.165, 1.54) is 18.3 Å². The predicted octanol–water partition coefficient (Wildman–Crippen LogP) is 1.27. The molecule has 0 atom stereocenters. The number of aryl methyl sites for hydroxylation is 1. The van der Waals surface area contributed by atoms with E-state index in [1.807, 2.05) is 6.92 Å². The smallest absolute Gasteiger partial charge is 0.126 e. The molecule has 0 amide bonds. The van der Waals surface area contributed by atoms with Crippen LogP contribution in [0.1, 0.15) is 11.3 Å². The first-order valence-corrected chi connectivity index (χ1v) is 3.96. The average Bonchev–Trinajstić information content (AvgIpc) is 2.44. The van der Waals surface area contributed by atoms with E-state index in [1.54, 1.807) is 4.52 Å². The maximum atomic E-state index is 12.8. The Morgan fingerprint density at radius 1 is 1.62 bits per heavy atom. The number of hydrogen-bond donors (Lipinski definition) is 1. The lowest BCUT2D eigenvalue weighted by Gasteiger charge is -1.92. The third kappa shape index (κ3) is 1.19. The van der Waals surface area contributed by atoms with Gasteiger partial charge >= 0.3 is 0 Å². The second-order valence-corrected chi connectivity index (χ2v) is 2.90. The highest BCUT2D eigenvalue weighted by molar-refractivity contribution is 5.55. The number of aliphatic hydroxyl groups is 1. The molecule has 1 N–H and O–H groups in total. The minimum atomic E-state index is -0.292. The van der Waals surface area contributed by atoms with Crippen LogP contribution in [-0.2, 0) is 6.61 Å². The van der Waals surface area contributed by atoms with Crippen molar-refractivity contribution in [3.05, 3.63) is 35.4 Å². The number of pyridine rings is 1. The van der Waals surface area contributed by atoms with Crippen LogP contribution in [0.25, 0.3) is 5.52 Å². The molecule has 0 aromatic carbocycles. The first kappa shape index (κ1) is 8.19. The Morgan fingerprint density at radius 3 is 3.08 bits per heavy atom. The largest absolute Gasteiger partial charge is 0.390 e. The van der Waals surface area contributed by atoms with E-state index in [2.05, 4.69) is 5.10 Å². The summed E-state index contributed by atoms with van der Waals surface area (Å²) in [4.78, 5) is 0. The van der Waals surface area contributed by atoms with Gasteiger partial charge in [0, 0.05) is 11.8 Å². The summed E-state index contributed by atoms with van der Waals surface area (Å²) >= 11 is 0. The van der Waals surface area contributed by atoms with E-state index in [0.717, 1.165) is 5.56 Å². The zero-order valence-electron chi connectivity index (χ0n) is 7.16. The Labute approximate surface area is 74.4 Å². The van der Waals surface area contributed by atoms with Gasteiger partial charge in [0.1, 0.15) is 5.82 Å². The minimum absolute atomic E-state index is 0.116. The second-order valence-electron chi connectivity index (χ2n) is 2.90. The molecule has 2 rings (SSSR count). The number of fused-ring (bicyclic) bond motifs is 1. The zero-order valence-corrected chi connectivity index (χ0v) is 7.16. The summed E-state index contributed by atoms with van der Waals surface area (Å²) in [6.07, 6.45) is 1.54. The van der Waals surface area contributed by atoms with Crippen molar-refractivity contribution in [3.8, 4) is 0 Å². The first-order chi connectivity index (χ1) is 6.22. The van der Waals surface area contributed by atoms with Crippen molar-refractivity contribution in [2.75, 3.05) is 0 Å². The van der Waals surface area contributed by atoms with Crippen LogP contribution in [0, 0.1) is 12.7 Å². The lowest BCUT2D eigenvalue weighted by Crippen LogP contribution is -1.88. The summed E-state index contributed by atoms with van der Waals surface area (Å²) in [6, 6.07) is 2.74. The summed E-state index contributed by atoms with van der Waals surface area (Å²) in [5, 5.41) is 13.0. The molecule has 0 unspecified atom stereocenters. The number of halogens is 1. The summed E-state index contributed by atoms with van der Waals surface area (Å²) in [5.74, 6) is -0.292. The fourth-order valence-corrected chi connectivity index (χ4v) is 1.34. The van der Waals surface area contributed by atoms with Gasteiger partial charge in [0.15, 0.2) is 0 Å². The van der Waals surface area contributed by atoms with E-state index < -0.39 is 0 Å². The normalized spacial score (nSPS) is 11.0. The summed E-state index contributed by atoms with van der Waals surface area (Å²) in [6.45, 7) is 1.70. The van der Waals surface area contributed by atoms with Gasteiger partial charge in [-0.15, -0.1) is 0 Å². The molecule has 0 saturated heterocycles. The van der Waals surface area contributed by atoms with Crippen LogP contribution in [0.5, 0.6) is 0 Å². The molecule has 0 aliphatic rings. The van der Waals surface area contributed by atoms with Gasteiger partial charge < -0.3 is 5.11 Å². The van der Waals surface area contributed by atoms with E-state index in [4.69, 9.17) is 5.11 Å². The topological polar surface area (TPSA) is 37.5 Å². The summed E-state index contributed by atoms with van der Waals surface area (Å²) < 4.78 is 14.4. The Morgan fingerprint density at radius 2 is 2.38 bits per heavy atom. The van der Waals surface area contributed by atoms with Crippen molar-refractivity contribution in [2.45, 2.75) is 13.5 Å². The summed E-state index contributed by atoms with van der Waals surface area (Å²) in [5.41, 5.74) is 2.11. The SMILES string of the molecule is Cc1c(CO)nn2ccc(F)cc12. The van der Waals surface area contributed by atoms with E-state index in [9.17, 15) is 4.39 Å². The first-order valence-electron chi connectivity index (χ1n) is 3.96. The van der Waals surface area contributed by atoms with Crippen LogP contribution in [0.2, 0.25) is 0 Å². The number of hydrogen-bond acceptors (Lipinski definition) is 2. The van der Waals surface area contributed by atoms with Crippen molar-refractivity contribution in [1.82, 2.24) is 9.61 Å². The van der Waals surface area contributed by atoms with Crippen LogP contribution in [0.4, 0.5) is 4.39 Å². The van der Waals surface area contributed by atoms with Crippen LogP contribution >= 0.6 is 0 Å². The molecule has 0 aliphatic carbocycles. The molecule has 2 heterocycles. The zero-order chi connectivity index (χ0) is 9.42. The molecular weight excluding hydrogens is 171 g/mol. The number of aromatic nitrogens is 2. The van der Waals surface area contributed by atoms with Crippen molar-refractivity contribution < 1.29 is 9.50 Å². The van der Waals surface area contributed by atoms with E-state index in [0.29, 0.717) is 11.2 Å². The lowest BCUT2D eigenvalue weighted by atomic mass is 10.2. The van der Waals surface area contributed by atoms with Gasteiger partial charge in [0.05, 0.1) is 17.8 Å². The molecule has 3 nitrogen and oxygen atoms in total. The second kappa shape index (κ2) is 2.81. The van der Waals surface area contributed by atoms with Gasteiger partial charge in [0.25, 0.3) is 0 Å². The molecule has 68 valence electrons. The Balaban J connectivity index is 2.77. The fraction of sp³-hybridized carbons (Fsp3) is 0.222. The summed E-state index contributed by atoms with van der Waals surface area (Å²) in [7, 11) is 0. The highest BCUT2D eigenvalue weighted by Gasteiger charge is 2.07. The maximum absolute atomic E-state index is 12.8. The van der Waals surface area contributed by atoms with Crippen LogP contribution in [-0.4, -0.2) is 14.7 Å².